The number of para-hydroxylation sites is 1. The number of benzene rings is 2. The number of tetrazole rings is 1. The Balaban J connectivity index is 1.64. The highest BCUT2D eigenvalue weighted by molar-refractivity contribution is 5.72. The van der Waals surface area contributed by atoms with Gasteiger partial charge in [0.2, 0.25) is 0 Å². The van der Waals surface area contributed by atoms with Crippen LogP contribution in [0.15, 0.2) is 78.5 Å². The lowest BCUT2D eigenvalue weighted by Gasteiger charge is -2.11. The average molecular weight is 429 g/mol. The smallest absolute Gasteiger partial charge is 0.296 e. The lowest BCUT2D eigenvalue weighted by molar-refractivity contribution is 0.504. The first kappa shape index (κ1) is 21.5. The summed E-state index contributed by atoms with van der Waals surface area (Å²) in [6.07, 6.45) is 8.06. The van der Waals surface area contributed by atoms with Gasteiger partial charge in [-0.25, -0.2) is 4.79 Å². The fourth-order valence-corrected chi connectivity index (χ4v) is 3.84. The van der Waals surface area contributed by atoms with Crippen LogP contribution in [0.5, 0.6) is 0 Å². The molecule has 0 fully saturated rings. The first-order chi connectivity index (χ1) is 15.6. The molecule has 0 bridgehead atoms. The highest BCUT2D eigenvalue weighted by Crippen LogP contribution is 2.26. The molecule has 2 heterocycles. The van der Waals surface area contributed by atoms with Crippen LogP contribution in [0, 0.1) is 0 Å². The summed E-state index contributed by atoms with van der Waals surface area (Å²) in [7, 11) is 0. The molecule has 0 saturated carbocycles. The van der Waals surface area contributed by atoms with Gasteiger partial charge in [0.15, 0.2) is 0 Å². The van der Waals surface area contributed by atoms with Gasteiger partial charge in [-0.15, -0.1) is 11.7 Å². The summed E-state index contributed by atoms with van der Waals surface area (Å²) in [5.74, 6) is 0. The van der Waals surface area contributed by atoms with Gasteiger partial charge in [0.05, 0.1) is 12.2 Å². The Morgan fingerprint density at radius 2 is 1.91 bits per heavy atom. The second-order valence-electron chi connectivity index (χ2n) is 7.95. The molecule has 1 atom stereocenters. The maximum Gasteiger partial charge on any atom is 0.328 e. The van der Waals surface area contributed by atoms with Crippen molar-refractivity contribution in [2.24, 2.45) is 0 Å². The zero-order valence-electron chi connectivity index (χ0n) is 18.6. The molecule has 0 radical (unpaired) electrons. The number of aromatic nitrogens is 6. The lowest BCUT2D eigenvalue weighted by atomic mass is 10.0. The highest BCUT2D eigenvalue weighted by atomic mass is 16.1. The maximum atomic E-state index is 13.1. The number of nitrogens with zero attached hydrogens (tertiary/aromatic N) is 6. The highest BCUT2D eigenvalue weighted by Gasteiger charge is 2.15. The van der Waals surface area contributed by atoms with Crippen LogP contribution < -0.4 is 5.69 Å². The van der Waals surface area contributed by atoms with Gasteiger partial charge in [0, 0.05) is 23.5 Å². The number of hydrogen-bond donors (Lipinski definition) is 0. The van der Waals surface area contributed by atoms with E-state index in [0.717, 1.165) is 47.3 Å². The topological polar surface area (TPSA) is 70.5 Å². The number of rotatable bonds is 9. The van der Waals surface area contributed by atoms with E-state index in [1.165, 1.54) is 0 Å². The second-order valence-corrected chi connectivity index (χ2v) is 7.95. The van der Waals surface area contributed by atoms with Crippen LogP contribution >= 0.6 is 0 Å². The van der Waals surface area contributed by atoms with Gasteiger partial charge >= 0.3 is 5.69 Å². The standard InChI is InChI=1S/C25H28N6O/c1-4-6-9-22-17-29(19(3)5-2)25(32)30(22)16-20-12-14-21(15-13-20)23-10-7-8-11-24(23)31-18-26-27-28-31/h4,7-8,10-15,17-19H,1,5-6,9,16H2,2-3H3. The van der Waals surface area contributed by atoms with Gasteiger partial charge in [-0.05, 0) is 53.8 Å². The molecule has 4 aromatic rings. The van der Waals surface area contributed by atoms with Gasteiger partial charge in [0.1, 0.15) is 6.33 Å². The van der Waals surface area contributed by atoms with E-state index in [1.807, 2.05) is 39.6 Å². The van der Waals surface area contributed by atoms with Crippen LogP contribution in [0.3, 0.4) is 0 Å². The van der Waals surface area contributed by atoms with E-state index in [9.17, 15) is 4.79 Å². The zero-order chi connectivity index (χ0) is 22.5. The number of imidazole rings is 1. The van der Waals surface area contributed by atoms with Gasteiger partial charge in [-0.3, -0.25) is 9.13 Å². The molecule has 0 aliphatic carbocycles. The van der Waals surface area contributed by atoms with Crippen molar-refractivity contribution >= 4 is 0 Å². The van der Waals surface area contributed by atoms with Crippen LogP contribution in [0.4, 0.5) is 0 Å². The first-order valence-corrected chi connectivity index (χ1v) is 11.0. The first-order valence-electron chi connectivity index (χ1n) is 11.0. The van der Waals surface area contributed by atoms with Gasteiger partial charge in [-0.2, -0.15) is 4.68 Å². The average Bonchev–Trinajstić information content (AvgIpc) is 3.47. The number of aryl methyl sites for hydroxylation is 1. The van der Waals surface area contributed by atoms with Crippen molar-refractivity contribution < 1.29 is 0 Å². The van der Waals surface area contributed by atoms with Crippen LogP contribution in [-0.2, 0) is 13.0 Å². The third-order valence-corrected chi connectivity index (χ3v) is 5.86. The van der Waals surface area contributed by atoms with Crippen molar-refractivity contribution in [2.75, 3.05) is 0 Å². The van der Waals surface area contributed by atoms with Crippen molar-refractivity contribution in [1.82, 2.24) is 29.3 Å². The summed E-state index contributed by atoms with van der Waals surface area (Å²) < 4.78 is 5.40. The normalized spacial score (nSPS) is 12.1. The predicted octanol–water partition coefficient (Wildman–Crippen LogP) is 4.43. The van der Waals surface area contributed by atoms with E-state index in [4.69, 9.17) is 0 Å². The molecular weight excluding hydrogens is 400 g/mol. The summed E-state index contributed by atoms with van der Waals surface area (Å²) in [5, 5.41) is 11.5. The summed E-state index contributed by atoms with van der Waals surface area (Å²) in [4.78, 5) is 13.1. The molecule has 1 unspecified atom stereocenters. The van der Waals surface area contributed by atoms with Gasteiger partial charge < -0.3 is 0 Å². The summed E-state index contributed by atoms with van der Waals surface area (Å²) in [6, 6.07) is 16.5. The van der Waals surface area contributed by atoms with Crippen LogP contribution in [-0.4, -0.2) is 29.3 Å². The minimum Gasteiger partial charge on any atom is -0.296 e. The van der Waals surface area contributed by atoms with Crippen LogP contribution in [0.1, 0.15) is 44.0 Å². The predicted molar refractivity (Wildman–Crippen MR) is 126 cm³/mol. The van der Waals surface area contributed by atoms with Crippen molar-refractivity contribution in [2.45, 2.75) is 45.7 Å². The molecule has 0 aliphatic rings. The molecule has 0 saturated heterocycles. The Hall–Kier alpha value is -3.74. The van der Waals surface area contributed by atoms with E-state index >= 15 is 0 Å². The summed E-state index contributed by atoms with van der Waals surface area (Å²) in [5.41, 5.74) is 5.19. The Labute approximate surface area is 187 Å². The van der Waals surface area contributed by atoms with Crippen molar-refractivity contribution in [3.8, 4) is 16.8 Å². The van der Waals surface area contributed by atoms with E-state index in [0.29, 0.717) is 6.54 Å². The zero-order valence-corrected chi connectivity index (χ0v) is 18.6. The molecule has 7 nitrogen and oxygen atoms in total. The molecular formula is C25H28N6O. The third kappa shape index (κ3) is 4.32. The molecule has 4 rings (SSSR count). The Morgan fingerprint density at radius 3 is 2.59 bits per heavy atom. The molecule has 0 N–H and O–H groups in total. The Bertz CT molecular complexity index is 1230. The van der Waals surface area contributed by atoms with Crippen molar-refractivity contribution in [3.05, 3.63) is 95.5 Å². The SMILES string of the molecule is C=CCCc1cn(C(C)CC)c(=O)n1Cc1ccc(-c2ccccc2-n2cnnn2)cc1. The molecule has 0 amide bonds. The Kier molecular flexibility index (Phi) is 6.44. The van der Waals surface area contributed by atoms with Crippen molar-refractivity contribution in [1.29, 1.82) is 0 Å². The summed E-state index contributed by atoms with van der Waals surface area (Å²) in [6.45, 7) is 8.56. The van der Waals surface area contributed by atoms with E-state index in [1.54, 1.807) is 11.0 Å². The Morgan fingerprint density at radius 1 is 1.12 bits per heavy atom. The van der Waals surface area contributed by atoms with E-state index in [-0.39, 0.29) is 11.7 Å². The maximum absolute atomic E-state index is 13.1. The number of allylic oxidation sites excluding steroid dienone is 1. The fourth-order valence-electron chi connectivity index (χ4n) is 3.84. The molecule has 164 valence electrons. The molecule has 32 heavy (non-hydrogen) atoms. The fraction of sp³-hybridized carbons (Fsp3) is 0.280. The van der Waals surface area contributed by atoms with E-state index in [2.05, 4.69) is 66.3 Å². The molecule has 2 aromatic carbocycles. The quantitative estimate of drug-likeness (QED) is 0.370. The molecule has 7 heteroatoms. The van der Waals surface area contributed by atoms with Crippen LogP contribution in [0.25, 0.3) is 16.8 Å². The molecule has 0 aliphatic heterocycles. The lowest BCUT2D eigenvalue weighted by Crippen LogP contribution is -2.27. The molecule has 0 spiro atoms. The van der Waals surface area contributed by atoms with Gasteiger partial charge in [0.25, 0.3) is 0 Å². The van der Waals surface area contributed by atoms with Crippen molar-refractivity contribution in [3.63, 3.8) is 0 Å². The number of hydrogen-bond acceptors (Lipinski definition) is 4. The minimum atomic E-state index is 0.0477. The largest absolute Gasteiger partial charge is 0.328 e. The second kappa shape index (κ2) is 9.60. The minimum absolute atomic E-state index is 0.0477. The molecule has 2 aromatic heterocycles. The van der Waals surface area contributed by atoms with Gasteiger partial charge in [-0.1, -0.05) is 55.5 Å². The van der Waals surface area contributed by atoms with E-state index < -0.39 is 0 Å². The van der Waals surface area contributed by atoms with Crippen LogP contribution in [0.2, 0.25) is 0 Å². The summed E-state index contributed by atoms with van der Waals surface area (Å²) >= 11 is 0. The third-order valence-electron chi connectivity index (χ3n) is 5.86. The monoisotopic (exact) mass is 428 g/mol.